The summed E-state index contributed by atoms with van der Waals surface area (Å²) in [4.78, 5) is 10.4. The first kappa shape index (κ1) is 21.3. The second-order valence-corrected chi connectivity index (χ2v) is 15.6. The van der Waals surface area contributed by atoms with Gasteiger partial charge in [0.1, 0.15) is 0 Å². The van der Waals surface area contributed by atoms with E-state index in [0.717, 1.165) is 11.4 Å². The fourth-order valence-electron chi connectivity index (χ4n) is 3.73. The van der Waals surface area contributed by atoms with Crippen LogP contribution in [-0.2, 0) is 0 Å². The van der Waals surface area contributed by atoms with Gasteiger partial charge in [-0.25, -0.2) is 0 Å². The molecule has 0 atom stereocenters. The first-order chi connectivity index (χ1) is 13.2. The van der Waals surface area contributed by atoms with Crippen LogP contribution < -0.4 is 2.89 Å². The maximum atomic E-state index is 4.62. The van der Waals surface area contributed by atoms with Gasteiger partial charge in [-0.1, -0.05) is 0 Å². The molecule has 3 aromatic rings. The minimum atomic E-state index is -0.672. The second-order valence-electron chi connectivity index (χ2n) is 7.49. The molecule has 6 heteroatoms. The molecule has 3 heterocycles. The normalized spacial score (nSPS) is 12.3. The van der Waals surface area contributed by atoms with E-state index in [4.69, 9.17) is 0 Å². The van der Waals surface area contributed by atoms with Crippen LogP contribution in [0, 0.1) is 0 Å². The number of unbranched alkanes of at least 4 members (excludes halogenated alkanes) is 3. The Morgan fingerprint density at radius 3 is 2.22 bits per heavy atom. The van der Waals surface area contributed by atoms with Crippen molar-refractivity contribution in [2.45, 2.75) is 82.0 Å². The Morgan fingerprint density at radius 1 is 1.00 bits per heavy atom. The van der Waals surface area contributed by atoms with E-state index < -0.39 is 21.1 Å². The average Bonchev–Trinajstić information content (AvgIpc) is 3.40. The molecular weight excluding hydrogens is 477 g/mol. The van der Waals surface area contributed by atoms with Crippen molar-refractivity contribution >= 4 is 51.5 Å². The summed E-state index contributed by atoms with van der Waals surface area (Å²) in [5.74, 6) is 0. The van der Waals surface area contributed by atoms with E-state index in [0.29, 0.717) is 3.43 Å². The third kappa shape index (κ3) is 5.35. The summed E-state index contributed by atoms with van der Waals surface area (Å²) in [6.45, 7) is 7.03. The minimum absolute atomic E-state index is 0.641. The van der Waals surface area contributed by atoms with E-state index in [1.807, 2.05) is 23.2 Å². The van der Waals surface area contributed by atoms with Crippen molar-refractivity contribution in [1.82, 2.24) is 14.4 Å². The first-order valence-electron chi connectivity index (χ1n) is 10.3. The van der Waals surface area contributed by atoms with E-state index in [9.17, 15) is 0 Å². The topological polar surface area (TPSA) is 30.2 Å². The molecule has 27 heavy (non-hydrogen) atoms. The van der Waals surface area contributed by atoms with Crippen LogP contribution >= 0.6 is 22.7 Å². The van der Waals surface area contributed by atoms with Crippen LogP contribution in [-0.4, -0.2) is 35.5 Å². The van der Waals surface area contributed by atoms with Crippen molar-refractivity contribution < 1.29 is 0 Å². The molecule has 3 rings (SSSR count). The summed E-state index contributed by atoms with van der Waals surface area (Å²) in [6.07, 6.45) is 16.9. The fraction of sp³-hybridized carbons (Fsp3) is 0.619. The Labute approximate surface area is 181 Å². The number of thiazole rings is 2. The van der Waals surface area contributed by atoms with Crippen LogP contribution in [0.1, 0.15) is 78.6 Å². The Hall–Kier alpha value is -0.401. The van der Waals surface area contributed by atoms with Gasteiger partial charge in [-0.3, -0.25) is 0 Å². The number of hydrogen-bond acceptors (Lipinski definition) is 4. The number of hydrogen-bond donors (Lipinski definition) is 0. The van der Waals surface area contributed by atoms with E-state index in [1.165, 1.54) is 62.6 Å². The number of rotatable bonds is 12. The SMILES string of the molecule is CCCC[C](CCCC)(CCCC)[Sn][c]1cn2cnc(-c3cscn3)c2s1. The molecule has 0 amide bonds. The van der Waals surface area contributed by atoms with E-state index in [1.54, 1.807) is 14.2 Å². The molecule has 0 spiro atoms. The van der Waals surface area contributed by atoms with Crippen LogP contribution in [0.3, 0.4) is 0 Å². The van der Waals surface area contributed by atoms with E-state index in [2.05, 4.69) is 46.7 Å². The summed E-state index contributed by atoms with van der Waals surface area (Å²) in [5, 5.41) is 2.11. The molecule has 0 N–H and O–H groups in total. The second kappa shape index (κ2) is 10.4. The van der Waals surface area contributed by atoms with E-state index >= 15 is 0 Å². The predicted octanol–water partition coefficient (Wildman–Crippen LogP) is 6.58. The van der Waals surface area contributed by atoms with Crippen LogP contribution in [0.2, 0.25) is 3.43 Å². The summed E-state index contributed by atoms with van der Waals surface area (Å²) in [6, 6.07) is 0. The summed E-state index contributed by atoms with van der Waals surface area (Å²) in [5.41, 5.74) is 3.99. The number of nitrogens with zero attached hydrogens (tertiary/aromatic N) is 3. The Kier molecular flexibility index (Phi) is 8.21. The van der Waals surface area contributed by atoms with Crippen molar-refractivity contribution in [3.05, 3.63) is 23.4 Å². The summed E-state index contributed by atoms with van der Waals surface area (Å²) < 4.78 is 4.57. The van der Waals surface area contributed by atoms with Crippen molar-refractivity contribution in [2.75, 3.05) is 0 Å². The Morgan fingerprint density at radius 2 is 1.67 bits per heavy atom. The van der Waals surface area contributed by atoms with Gasteiger partial charge in [0.15, 0.2) is 0 Å². The number of fused-ring (bicyclic) bond motifs is 1. The Balaban J connectivity index is 1.87. The van der Waals surface area contributed by atoms with Gasteiger partial charge in [0.2, 0.25) is 0 Å². The summed E-state index contributed by atoms with van der Waals surface area (Å²) >= 11 is 2.97. The molecule has 3 aromatic heterocycles. The zero-order valence-corrected chi connectivity index (χ0v) is 21.3. The maximum absolute atomic E-state index is 4.62. The third-order valence-corrected chi connectivity index (χ3v) is 13.1. The van der Waals surface area contributed by atoms with Crippen molar-refractivity contribution in [3.8, 4) is 11.4 Å². The van der Waals surface area contributed by atoms with Crippen molar-refractivity contribution in [2.24, 2.45) is 0 Å². The van der Waals surface area contributed by atoms with Gasteiger partial charge in [0.05, 0.1) is 0 Å². The molecule has 0 aromatic carbocycles. The molecule has 2 radical (unpaired) electrons. The molecule has 0 aliphatic carbocycles. The van der Waals surface area contributed by atoms with Crippen LogP contribution in [0.25, 0.3) is 16.2 Å². The van der Waals surface area contributed by atoms with Crippen LogP contribution in [0.15, 0.2) is 23.4 Å². The zero-order valence-electron chi connectivity index (χ0n) is 16.8. The van der Waals surface area contributed by atoms with Gasteiger partial charge >= 0.3 is 183 Å². The quantitative estimate of drug-likeness (QED) is 0.259. The molecule has 0 aliphatic heterocycles. The molecule has 0 saturated heterocycles. The zero-order chi connectivity index (χ0) is 19.1. The monoisotopic (exact) mass is 509 g/mol. The van der Waals surface area contributed by atoms with Gasteiger partial charge in [0.25, 0.3) is 0 Å². The van der Waals surface area contributed by atoms with Gasteiger partial charge in [-0.2, -0.15) is 0 Å². The van der Waals surface area contributed by atoms with Crippen LogP contribution in [0.5, 0.6) is 0 Å². The molecule has 0 saturated carbocycles. The van der Waals surface area contributed by atoms with Crippen LogP contribution in [0.4, 0.5) is 0 Å². The standard InChI is InChI=1S/C13H27.C8H4N3S2.Sn/c1-4-7-10-13(11-8-5-2)12-9-6-3;1-2-13-8-7(9-4-11(1)8)6-3-12-5-10-6;/h4-12H2,1-3H3;1,3-5H;. The third-order valence-electron chi connectivity index (χ3n) is 5.30. The molecule has 3 nitrogen and oxygen atoms in total. The molecule has 146 valence electrons. The molecule has 0 unspecified atom stereocenters. The van der Waals surface area contributed by atoms with Gasteiger partial charge in [-0.05, 0) is 0 Å². The first-order valence-corrected chi connectivity index (χ1v) is 15.0. The van der Waals surface area contributed by atoms with Gasteiger partial charge in [0, 0.05) is 0 Å². The van der Waals surface area contributed by atoms with Crippen molar-refractivity contribution in [1.29, 1.82) is 0 Å². The fourth-order valence-corrected chi connectivity index (χ4v) is 12.5. The van der Waals surface area contributed by atoms with Gasteiger partial charge < -0.3 is 0 Å². The summed E-state index contributed by atoms with van der Waals surface area (Å²) in [7, 11) is 0. The number of imidazole rings is 1. The molecule has 0 aliphatic rings. The molecular formula is C21H31N3S2Sn. The molecule has 0 fully saturated rings. The predicted molar refractivity (Wildman–Crippen MR) is 121 cm³/mol. The van der Waals surface area contributed by atoms with E-state index in [-0.39, 0.29) is 0 Å². The number of aromatic nitrogens is 3. The van der Waals surface area contributed by atoms with Gasteiger partial charge in [-0.15, -0.1) is 0 Å². The molecule has 0 bridgehead atoms. The van der Waals surface area contributed by atoms with Crippen molar-refractivity contribution in [3.63, 3.8) is 0 Å². The Bertz CT molecular complexity index is 785. The average molecular weight is 508 g/mol.